The topological polar surface area (TPSA) is 49.4 Å². The standard InChI is InChI=1S/C20H17F3N2O2/c21-20(22,23)15-6-3-13(4-7-15)18(26)24-16-8-5-12-9-10-25(17(12)11-16)19(27)14-1-2-14/h3-8,11,14H,1-2,9-10H2,(H,24,26). The van der Waals surface area contributed by atoms with Gasteiger partial charge in [-0.1, -0.05) is 6.07 Å². The Bertz CT molecular complexity index is 902. The van der Waals surface area contributed by atoms with Gasteiger partial charge in [-0.15, -0.1) is 0 Å². The van der Waals surface area contributed by atoms with Crippen molar-refractivity contribution in [2.24, 2.45) is 5.92 Å². The lowest BCUT2D eigenvalue weighted by atomic mass is 10.1. The van der Waals surface area contributed by atoms with Crippen LogP contribution >= 0.6 is 0 Å². The van der Waals surface area contributed by atoms with Crippen molar-refractivity contribution < 1.29 is 22.8 Å². The van der Waals surface area contributed by atoms with Crippen LogP contribution in [0.5, 0.6) is 0 Å². The quantitative estimate of drug-likeness (QED) is 0.873. The minimum atomic E-state index is -4.44. The van der Waals surface area contributed by atoms with E-state index in [0.29, 0.717) is 12.2 Å². The summed E-state index contributed by atoms with van der Waals surface area (Å²) >= 11 is 0. The Labute approximate surface area is 154 Å². The molecule has 27 heavy (non-hydrogen) atoms. The fourth-order valence-electron chi connectivity index (χ4n) is 3.25. The summed E-state index contributed by atoms with van der Waals surface area (Å²) in [5.41, 5.74) is 1.70. The van der Waals surface area contributed by atoms with Gasteiger partial charge < -0.3 is 10.2 Å². The van der Waals surface area contributed by atoms with Crippen molar-refractivity contribution >= 4 is 23.2 Å². The van der Waals surface area contributed by atoms with Gasteiger partial charge in [-0.2, -0.15) is 13.2 Å². The molecule has 2 amide bonds. The minimum Gasteiger partial charge on any atom is -0.322 e. The average molecular weight is 374 g/mol. The minimum absolute atomic E-state index is 0.112. The van der Waals surface area contributed by atoms with Gasteiger partial charge in [0.2, 0.25) is 5.91 Å². The monoisotopic (exact) mass is 374 g/mol. The van der Waals surface area contributed by atoms with Gasteiger partial charge in [0.05, 0.1) is 5.56 Å². The average Bonchev–Trinajstić information content (AvgIpc) is 3.40. The summed E-state index contributed by atoms with van der Waals surface area (Å²) in [6.07, 6.45) is -1.81. The third kappa shape index (κ3) is 3.54. The highest BCUT2D eigenvalue weighted by molar-refractivity contribution is 6.05. The van der Waals surface area contributed by atoms with Gasteiger partial charge in [0.15, 0.2) is 0 Å². The molecule has 7 heteroatoms. The summed E-state index contributed by atoms with van der Waals surface area (Å²) in [6, 6.07) is 9.43. The van der Waals surface area contributed by atoms with Crippen LogP contribution in [0.4, 0.5) is 24.5 Å². The number of hydrogen-bond acceptors (Lipinski definition) is 2. The Morgan fingerprint density at radius 1 is 1.04 bits per heavy atom. The maximum Gasteiger partial charge on any atom is 0.416 e. The number of alkyl halides is 3. The Morgan fingerprint density at radius 3 is 2.37 bits per heavy atom. The number of anilines is 2. The zero-order chi connectivity index (χ0) is 19.2. The smallest absolute Gasteiger partial charge is 0.322 e. The molecule has 4 nitrogen and oxygen atoms in total. The normalized spacial score (nSPS) is 16.2. The second-order valence-corrected chi connectivity index (χ2v) is 6.89. The van der Waals surface area contributed by atoms with Gasteiger partial charge in [0.1, 0.15) is 0 Å². The van der Waals surface area contributed by atoms with Crippen LogP contribution in [0.3, 0.4) is 0 Å². The SMILES string of the molecule is O=C(Nc1ccc2c(c1)N(C(=O)C1CC1)CC2)c1ccc(C(F)(F)F)cc1. The number of amides is 2. The highest BCUT2D eigenvalue weighted by Crippen LogP contribution is 2.37. The summed E-state index contributed by atoms with van der Waals surface area (Å²) in [7, 11) is 0. The molecule has 0 saturated heterocycles. The lowest BCUT2D eigenvalue weighted by molar-refractivity contribution is -0.137. The first-order valence-corrected chi connectivity index (χ1v) is 8.76. The summed E-state index contributed by atoms with van der Waals surface area (Å²) in [6.45, 7) is 0.640. The second-order valence-electron chi connectivity index (χ2n) is 6.89. The Hall–Kier alpha value is -2.83. The second kappa shape index (κ2) is 6.40. The van der Waals surface area contributed by atoms with Crippen molar-refractivity contribution in [2.75, 3.05) is 16.8 Å². The summed E-state index contributed by atoms with van der Waals surface area (Å²) in [5, 5.41) is 2.69. The highest BCUT2D eigenvalue weighted by atomic mass is 19.4. The first kappa shape index (κ1) is 17.6. The van der Waals surface area contributed by atoms with E-state index in [9.17, 15) is 22.8 Å². The highest BCUT2D eigenvalue weighted by Gasteiger charge is 2.36. The Balaban J connectivity index is 1.50. The van der Waals surface area contributed by atoms with Crippen molar-refractivity contribution in [1.29, 1.82) is 0 Å². The maximum atomic E-state index is 12.6. The van der Waals surface area contributed by atoms with E-state index in [4.69, 9.17) is 0 Å². The van der Waals surface area contributed by atoms with E-state index in [2.05, 4.69) is 5.32 Å². The van der Waals surface area contributed by atoms with Crippen LogP contribution in [0.15, 0.2) is 42.5 Å². The van der Waals surface area contributed by atoms with Crippen molar-refractivity contribution in [1.82, 2.24) is 0 Å². The first-order valence-electron chi connectivity index (χ1n) is 8.76. The number of fused-ring (bicyclic) bond motifs is 1. The molecule has 4 rings (SSSR count). The molecule has 1 aliphatic heterocycles. The van der Waals surface area contributed by atoms with Crippen LogP contribution < -0.4 is 10.2 Å². The molecule has 0 bridgehead atoms. The van der Waals surface area contributed by atoms with Crippen LogP contribution in [-0.2, 0) is 17.4 Å². The van der Waals surface area contributed by atoms with Crippen LogP contribution in [0.2, 0.25) is 0 Å². The molecule has 1 N–H and O–H groups in total. The van der Waals surface area contributed by atoms with Gasteiger partial charge in [-0.3, -0.25) is 9.59 Å². The van der Waals surface area contributed by atoms with E-state index in [1.165, 1.54) is 0 Å². The molecular formula is C20H17F3N2O2. The summed E-state index contributed by atoms with van der Waals surface area (Å²) < 4.78 is 37.9. The first-order chi connectivity index (χ1) is 12.8. The van der Waals surface area contributed by atoms with Crippen molar-refractivity contribution in [3.8, 4) is 0 Å². The van der Waals surface area contributed by atoms with Gasteiger partial charge in [-0.05, 0) is 61.2 Å². The van der Waals surface area contributed by atoms with E-state index in [-0.39, 0.29) is 17.4 Å². The molecule has 1 aliphatic carbocycles. The number of halogens is 3. The van der Waals surface area contributed by atoms with E-state index in [0.717, 1.165) is 54.8 Å². The third-order valence-electron chi connectivity index (χ3n) is 4.91. The molecule has 0 unspecified atom stereocenters. The molecule has 2 aliphatic rings. The Morgan fingerprint density at radius 2 is 1.74 bits per heavy atom. The van der Waals surface area contributed by atoms with Gasteiger partial charge in [0.25, 0.3) is 5.91 Å². The van der Waals surface area contributed by atoms with Crippen molar-refractivity contribution in [3.05, 3.63) is 59.2 Å². The fraction of sp³-hybridized carbons (Fsp3) is 0.300. The molecular weight excluding hydrogens is 357 g/mol. The van der Waals surface area contributed by atoms with Crippen LogP contribution in [0, 0.1) is 5.92 Å². The molecule has 0 atom stereocenters. The Kier molecular flexibility index (Phi) is 4.17. The third-order valence-corrected chi connectivity index (χ3v) is 4.91. The van der Waals surface area contributed by atoms with E-state index < -0.39 is 17.6 Å². The lowest BCUT2D eigenvalue weighted by Crippen LogP contribution is -2.30. The zero-order valence-corrected chi connectivity index (χ0v) is 14.3. The summed E-state index contributed by atoms with van der Waals surface area (Å²) in [4.78, 5) is 26.5. The molecule has 140 valence electrons. The number of nitrogens with one attached hydrogen (secondary N) is 1. The molecule has 0 spiro atoms. The van der Waals surface area contributed by atoms with E-state index >= 15 is 0 Å². The molecule has 1 heterocycles. The number of hydrogen-bond donors (Lipinski definition) is 1. The zero-order valence-electron chi connectivity index (χ0n) is 14.3. The molecule has 0 aromatic heterocycles. The lowest BCUT2D eigenvalue weighted by Gasteiger charge is -2.18. The van der Waals surface area contributed by atoms with Crippen LogP contribution in [0.1, 0.15) is 34.3 Å². The molecule has 0 radical (unpaired) electrons. The predicted octanol–water partition coefficient (Wildman–Crippen LogP) is 4.26. The van der Waals surface area contributed by atoms with E-state index in [1.54, 1.807) is 17.0 Å². The largest absolute Gasteiger partial charge is 0.416 e. The number of carbonyl (C=O) groups is 2. The van der Waals surface area contributed by atoms with Gasteiger partial charge in [-0.25, -0.2) is 0 Å². The summed E-state index contributed by atoms with van der Waals surface area (Å²) in [5.74, 6) is -0.261. The van der Waals surface area contributed by atoms with Gasteiger partial charge in [0, 0.05) is 29.4 Å². The van der Waals surface area contributed by atoms with Crippen molar-refractivity contribution in [2.45, 2.75) is 25.4 Å². The fourth-order valence-corrected chi connectivity index (χ4v) is 3.25. The number of nitrogens with zero attached hydrogens (tertiary/aromatic N) is 1. The van der Waals surface area contributed by atoms with Crippen molar-refractivity contribution in [3.63, 3.8) is 0 Å². The van der Waals surface area contributed by atoms with Crippen LogP contribution in [0.25, 0.3) is 0 Å². The molecule has 1 fully saturated rings. The van der Waals surface area contributed by atoms with E-state index in [1.807, 2.05) is 6.07 Å². The van der Waals surface area contributed by atoms with Crippen LogP contribution in [-0.4, -0.2) is 18.4 Å². The molecule has 2 aromatic carbocycles. The predicted molar refractivity (Wildman–Crippen MR) is 94.6 cm³/mol. The maximum absolute atomic E-state index is 12.6. The molecule has 2 aromatic rings. The molecule has 1 saturated carbocycles. The number of benzene rings is 2. The number of rotatable bonds is 3. The van der Waals surface area contributed by atoms with Gasteiger partial charge >= 0.3 is 6.18 Å². The number of carbonyl (C=O) groups excluding carboxylic acids is 2.